The van der Waals surface area contributed by atoms with Gasteiger partial charge in [0.1, 0.15) is 0 Å². The first kappa shape index (κ1) is 15.6. The lowest BCUT2D eigenvalue weighted by Crippen LogP contribution is -2.57. The van der Waals surface area contributed by atoms with Gasteiger partial charge in [-0.15, -0.1) is 0 Å². The van der Waals surface area contributed by atoms with Gasteiger partial charge in [-0.2, -0.15) is 0 Å². The normalized spacial score (nSPS) is 31.9. The first-order valence-corrected chi connectivity index (χ1v) is 11.6. The van der Waals surface area contributed by atoms with Gasteiger partial charge in [0, 0.05) is 10.8 Å². The SMILES string of the molecule is C[Si](C)(C)OC12CCCCC1C(c1ccccc1)C=[N+]([O-])O2. The van der Waals surface area contributed by atoms with Crippen LogP contribution in [-0.4, -0.2) is 25.2 Å². The Bertz CT molecular complexity index is 555. The summed E-state index contributed by atoms with van der Waals surface area (Å²) in [5.41, 5.74) is 1.17. The molecule has 0 saturated heterocycles. The highest BCUT2D eigenvalue weighted by Crippen LogP contribution is 2.48. The van der Waals surface area contributed by atoms with E-state index in [1.165, 1.54) is 12.0 Å². The van der Waals surface area contributed by atoms with Crippen molar-refractivity contribution in [3.05, 3.63) is 41.1 Å². The zero-order valence-electron chi connectivity index (χ0n) is 13.6. The lowest BCUT2D eigenvalue weighted by molar-refractivity contribution is -0.788. The summed E-state index contributed by atoms with van der Waals surface area (Å²) < 4.78 is 6.45. The van der Waals surface area contributed by atoms with E-state index in [0.29, 0.717) is 4.90 Å². The zero-order valence-corrected chi connectivity index (χ0v) is 14.6. The van der Waals surface area contributed by atoms with Crippen molar-refractivity contribution in [2.45, 2.75) is 57.0 Å². The molecule has 0 N–H and O–H groups in total. The second-order valence-electron chi connectivity index (χ2n) is 7.34. The Morgan fingerprint density at radius 1 is 1.23 bits per heavy atom. The third-order valence-corrected chi connectivity index (χ3v) is 5.44. The maximum atomic E-state index is 12.2. The van der Waals surface area contributed by atoms with E-state index >= 15 is 0 Å². The number of fused-ring (bicyclic) bond motifs is 1. The molecule has 0 spiro atoms. The molecule has 0 radical (unpaired) electrons. The molecule has 1 saturated carbocycles. The molecule has 4 nitrogen and oxygen atoms in total. The Morgan fingerprint density at radius 3 is 2.64 bits per heavy atom. The number of benzene rings is 1. The lowest BCUT2D eigenvalue weighted by Gasteiger charge is -2.51. The first-order valence-electron chi connectivity index (χ1n) is 8.15. The molecule has 1 fully saturated rings. The van der Waals surface area contributed by atoms with Crippen molar-refractivity contribution < 1.29 is 14.2 Å². The van der Waals surface area contributed by atoms with E-state index in [0.717, 1.165) is 19.3 Å². The molecule has 0 aromatic heterocycles. The number of hydrogen-bond donors (Lipinski definition) is 0. The minimum atomic E-state index is -1.83. The van der Waals surface area contributed by atoms with Crippen molar-refractivity contribution >= 4 is 14.5 Å². The van der Waals surface area contributed by atoms with Crippen molar-refractivity contribution in [1.29, 1.82) is 0 Å². The average molecular weight is 319 g/mol. The quantitative estimate of drug-likeness (QED) is 0.624. The highest BCUT2D eigenvalue weighted by molar-refractivity contribution is 6.69. The predicted molar refractivity (Wildman–Crippen MR) is 89.1 cm³/mol. The van der Waals surface area contributed by atoms with Gasteiger partial charge in [-0.3, -0.25) is 5.21 Å². The summed E-state index contributed by atoms with van der Waals surface area (Å²) >= 11 is 0. The Morgan fingerprint density at radius 2 is 1.95 bits per heavy atom. The van der Waals surface area contributed by atoms with E-state index in [9.17, 15) is 5.21 Å². The van der Waals surface area contributed by atoms with Crippen LogP contribution in [0.4, 0.5) is 0 Å². The Balaban J connectivity index is 2.00. The molecule has 120 valence electrons. The van der Waals surface area contributed by atoms with E-state index < -0.39 is 14.1 Å². The van der Waals surface area contributed by atoms with Gasteiger partial charge >= 0.3 is 0 Å². The summed E-state index contributed by atoms with van der Waals surface area (Å²) in [5.74, 6) is -0.482. The van der Waals surface area contributed by atoms with Gasteiger partial charge in [0.15, 0.2) is 14.1 Å². The monoisotopic (exact) mass is 319 g/mol. The smallest absolute Gasteiger partial charge is 0.218 e. The van der Waals surface area contributed by atoms with Crippen LogP contribution in [0.3, 0.4) is 0 Å². The average Bonchev–Trinajstić information content (AvgIpc) is 2.45. The molecule has 0 amide bonds. The molecule has 1 aromatic rings. The molecule has 3 atom stereocenters. The van der Waals surface area contributed by atoms with Crippen molar-refractivity contribution in [3.8, 4) is 0 Å². The van der Waals surface area contributed by atoms with E-state index in [4.69, 9.17) is 9.26 Å². The highest BCUT2D eigenvalue weighted by atomic mass is 28.4. The van der Waals surface area contributed by atoms with Crippen molar-refractivity contribution in [2.24, 2.45) is 5.92 Å². The van der Waals surface area contributed by atoms with Crippen molar-refractivity contribution in [3.63, 3.8) is 0 Å². The fourth-order valence-corrected chi connectivity index (χ4v) is 5.11. The van der Waals surface area contributed by atoms with Gasteiger partial charge in [0.2, 0.25) is 6.21 Å². The minimum Gasteiger partial charge on any atom is -0.398 e. The maximum Gasteiger partial charge on any atom is 0.218 e. The molecule has 1 heterocycles. The van der Waals surface area contributed by atoms with Gasteiger partial charge in [-0.05, 0) is 44.5 Å². The first-order chi connectivity index (χ1) is 10.4. The third-order valence-electron chi connectivity index (χ3n) is 4.48. The van der Waals surface area contributed by atoms with Gasteiger partial charge in [-0.1, -0.05) is 36.8 Å². The molecule has 1 aromatic carbocycles. The van der Waals surface area contributed by atoms with Crippen LogP contribution in [0.2, 0.25) is 19.6 Å². The Kier molecular flexibility index (Phi) is 4.03. The van der Waals surface area contributed by atoms with Crippen LogP contribution in [0.5, 0.6) is 0 Å². The van der Waals surface area contributed by atoms with Crippen LogP contribution < -0.4 is 0 Å². The fraction of sp³-hybridized carbons (Fsp3) is 0.588. The van der Waals surface area contributed by atoms with E-state index in [1.54, 1.807) is 6.21 Å². The molecule has 3 unspecified atom stereocenters. The molecule has 0 bridgehead atoms. The summed E-state index contributed by atoms with van der Waals surface area (Å²) in [7, 11) is -1.83. The molecule has 22 heavy (non-hydrogen) atoms. The molecule has 3 rings (SSSR count). The summed E-state index contributed by atoms with van der Waals surface area (Å²) in [6, 6.07) is 10.2. The van der Waals surface area contributed by atoms with Crippen molar-refractivity contribution in [2.75, 3.05) is 0 Å². The van der Waals surface area contributed by atoms with Crippen molar-refractivity contribution in [1.82, 2.24) is 0 Å². The van der Waals surface area contributed by atoms with Crippen LogP contribution in [0.1, 0.15) is 37.2 Å². The standard InChI is InChI=1S/C17H25NO3Si/c1-22(2,3)21-17-12-8-7-11-16(17)15(13-18(19)20-17)14-9-5-4-6-10-14/h4-6,9-10,13,15-16H,7-8,11-12H2,1-3H3. The largest absolute Gasteiger partial charge is 0.398 e. The van der Waals surface area contributed by atoms with Crippen LogP contribution in [0, 0.1) is 11.1 Å². The lowest BCUT2D eigenvalue weighted by atomic mass is 9.73. The van der Waals surface area contributed by atoms with Gasteiger partial charge < -0.3 is 9.26 Å². The second-order valence-corrected chi connectivity index (χ2v) is 11.8. The Labute approximate surface area is 133 Å². The van der Waals surface area contributed by atoms with Gasteiger partial charge in [0.25, 0.3) is 0 Å². The molecular formula is C17H25NO3Si. The molecule has 2 aliphatic rings. The molecule has 1 aliphatic carbocycles. The molecule has 1 aliphatic heterocycles. The van der Waals surface area contributed by atoms with Crippen LogP contribution in [-0.2, 0) is 9.26 Å². The number of hydrogen-bond acceptors (Lipinski definition) is 3. The minimum absolute atomic E-state index is 0.0594. The summed E-state index contributed by atoms with van der Waals surface area (Å²) in [5, 5.41) is 12.2. The molecule has 5 heteroatoms. The summed E-state index contributed by atoms with van der Waals surface area (Å²) in [6.45, 7) is 6.46. The summed E-state index contributed by atoms with van der Waals surface area (Å²) in [6.07, 6.45) is 5.72. The highest BCUT2D eigenvalue weighted by Gasteiger charge is 2.52. The van der Waals surface area contributed by atoms with E-state index in [1.807, 2.05) is 18.2 Å². The van der Waals surface area contributed by atoms with E-state index in [2.05, 4.69) is 31.8 Å². The zero-order chi connectivity index (χ0) is 15.8. The molecular weight excluding hydrogens is 294 g/mol. The van der Waals surface area contributed by atoms with Crippen LogP contribution >= 0.6 is 0 Å². The van der Waals surface area contributed by atoms with Crippen LogP contribution in [0.15, 0.2) is 30.3 Å². The number of rotatable bonds is 3. The third kappa shape index (κ3) is 3.06. The summed E-state index contributed by atoms with van der Waals surface area (Å²) in [4.78, 5) is 6.38. The topological polar surface area (TPSA) is 44.5 Å². The Hall–Kier alpha value is -1.33. The predicted octanol–water partition coefficient (Wildman–Crippen LogP) is 4.03. The van der Waals surface area contributed by atoms with Crippen LogP contribution in [0.25, 0.3) is 0 Å². The second kappa shape index (κ2) is 5.70. The maximum absolute atomic E-state index is 12.2. The van der Waals surface area contributed by atoms with Gasteiger partial charge in [-0.25, -0.2) is 0 Å². The van der Waals surface area contributed by atoms with E-state index in [-0.39, 0.29) is 11.8 Å². The fourth-order valence-electron chi connectivity index (χ4n) is 3.78. The van der Waals surface area contributed by atoms with Gasteiger partial charge in [0.05, 0.1) is 5.92 Å². The number of nitrogens with zero attached hydrogens (tertiary/aromatic N) is 1.